The van der Waals surface area contributed by atoms with E-state index in [2.05, 4.69) is 15.9 Å². The molecule has 0 bridgehead atoms. The summed E-state index contributed by atoms with van der Waals surface area (Å²) in [7, 11) is 1.60. The Bertz CT molecular complexity index is 884. The number of aryl methyl sites for hydroxylation is 1. The minimum atomic E-state index is -0.429. The van der Waals surface area contributed by atoms with Gasteiger partial charge in [-0.3, -0.25) is 0 Å². The van der Waals surface area contributed by atoms with Crippen molar-refractivity contribution in [3.63, 3.8) is 0 Å². The van der Waals surface area contributed by atoms with E-state index in [1.807, 2.05) is 37.3 Å². The van der Waals surface area contributed by atoms with E-state index in [-0.39, 0.29) is 0 Å². The van der Waals surface area contributed by atoms with Gasteiger partial charge in [0.2, 0.25) is 0 Å². The van der Waals surface area contributed by atoms with Crippen molar-refractivity contribution in [2.75, 3.05) is 7.11 Å². The summed E-state index contributed by atoms with van der Waals surface area (Å²) in [6.45, 7) is 1.98. The standard InChI is InChI=1S/C19H14BrClO3/c1-11-6-7-15(23-2)14(8-11)17-16(24-19(22)18(17)20)10-12-4-3-5-13(21)9-12/h3-10H,1-2H3/b16-10-. The Hall–Kier alpha value is -2.04. The predicted octanol–water partition coefficient (Wildman–Crippen LogP) is 5.36. The molecule has 0 atom stereocenters. The zero-order valence-electron chi connectivity index (χ0n) is 13.1. The summed E-state index contributed by atoms with van der Waals surface area (Å²) in [6.07, 6.45) is 1.79. The molecule has 0 spiro atoms. The molecule has 24 heavy (non-hydrogen) atoms. The van der Waals surface area contributed by atoms with Crippen molar-refractivity contribution < 1.29 is 14.3 Å². The highest BCUT2D eigenvalue weighted by molar-refractivity contribution is 9.12. The van der Waals surface area contributed by atoms with Crippen molar-refractivity contribution in [3.05, 3.63) is 74.4 Å². The molecule has 0 fully saturated rings. The van der Waals surface area contributed by atoms with Crippen LogP contribution in [0.15, 0.2) is 52.7 Å². The minimum absolute atomic E-state index is 0.375. The maximum Gasteiger partial charge on any atom is 0.351 e. The van der Waals surface area contributed by atoms with Crippen LogP contribution in [0.2, 0.25) is 5.02 Å². The summed E-state index contributed by atoms with van der Waals surface area (Å²) in [5.74, 6) is 0.697. The Morgan fingerprint density at radius 2 is 2.00 bits per heavy atom. The van der Waals surface area contributed by atoms with Gasteiger partial charge in [0, 0.05) is 16.2 Å². The summed E-state index contributed by atoms with van der Waals surface area (Å²) in [4.78, 5) is 12.1. The van der Waals surface area contributed by atoms with Crippen LogP contribution in [0.25, 0.3) is 11.6 Å². The summed E-state index contributed by atoms with van der Waals surface area (Å²) in [6, 6.07) is 13.1. The molecule has 5 heteroatoms. The van der Waals surface area contributed by atoms with E-state index >= 15 is 0 Å². The predicted molar refractivity (Wildman–Crippen MR) is 99.1 cm³/mol. The molecule has 2 aromatic carbocycles. The second kappa shape index (κ2) is 6.83. The van der Waals surface area contributed by atoms with Crippen molar-refractivity contribution in [1.29, 1.82) is 0 Å². The van der Waals surface area contributed by atoms with Gasteiger partial charge >= 0.3 is 5.97 Å². The van der Waals surface area contributed by atoms with Gasteiger partial charge in [-0.1, -0.05) is 35.4 Å². The van der Waals surface area contributed by atoms with E-state index in [4.69, 9.17) is 21.1 Å². The first-order valence-electron chi connectivity index (χ1n) is 7.24. The monoisotopic (exact) mass is 404 g/mol. The van der Waals surface area contributed by atoms with Crippen molar-refractivity contribution in [3.8, 4) is 5.75 Å². The van der Waals surface area contributed by atoms with Gasteiger partial charge in [0.1, 0.15) is 16.0 Å². The number of halogens is 2. The molecule has 2 aromatic rings. The zero-order valence-corrected chi connectivity index (χ0v) is 15.4. The van der Waals surface area contributed by atoms with Crippen molar-refractivity contribution >= 4 is 45.1 Å². The number of hydrogen-bond acceptors (Lipinski definition) is 3. The SMILES string of the molecule is COc1ccc(C)cc1C1=C(Br)C(=O)O/C1=C\c1cccc(Cl)c1. The normalized spacial score (nSPS) is 15.8. The molecule has 0 saturated carbocycles. The Balaban J connectivity index is 2.16. The van der Waals surface area contributed by atoms with Gasteiger partial charge in [-0.25, -0.2) is 4.79 Å². The number of esters is 1. The summed E-state index contributed by atoms with van der Waals surface area (Å²) >= 11 is 9.38. The maximum absolute atomic E-state index is 12.1. The molecule has 0 saturated heterocycles. The first kappa shape index (κ1) is 16.8. The van der Waals surface area contributed by atoms with Gasteiger partial charge in [-0.2, -0.15) is 0 Å². The van der Waals surface area contributed by atoms with Crippen LogP contribution in [0.3, 0.4) is 0 Å². The molecule has 3 nitrogen and oxygen atoms in total. The third-order valence-electron chi connectivity index (χ3n) is 3.62. The first-order chi connectivity index (χ1) is 11.5. The molecule has 0 aliphatic carbocycles. The molecule has 3 rings (SSSR count). The Morgan fingerprint density at radius 3 is 2.71 bits per heavy atom. The molecular formula is C19H14BrClO3. The fourth-order valence-electron chi connectivity index (χ4n) is 2.52. The Labute approximate surface area is 153 Å². The van der Waals surface area contributed by atoms with Crippen LogP contribution < -0.4 is 4.74 Å². The van der Waals surface area contributed by atoms with Gasteiger partial charge in [-0.05, 0) is 58.8 Å². The number of rotatable bonds is 3. The fourth-order valence-corrected chi connectivity index (χ4v) is 3.21. The molecule has 1 aliphatic rings. The van der Waals surface area contributed by atoms with Gasteiger partial charge in [0.05, 0.1) is 7.11 Å². The Kier molecular flexibility index (Phi) is 4.78. The molecule has 1 heterocycles. The number of carbonyl (C=O) groups excluding carboxylic acids is 1. The number of allylic oxidation sites excluding steroid dienone is 1. The van der Waals surface area contributed by atoms with Gasteiger partial charge < -0.3 is 9.47 Å². The highest BCUT2D eigenvalue weighted by atomic mass is 79.9. The second-order valence-corrected chi connectivity index (χ2v) is 6.58. The average molecular weight is 406 g/mol. The largest absolute Gasteiger partial charge is 0.496 e. The third kappa shape index (κ3) is 3.25. The number of hydrogen-bond donors (Lipinski definition) is 0. The number of carbonyl (C=O) groups is 1. The average Bonchev–Trinajstić information content (AvgIpc) is 2.81. The fraction of sp³-hybridized carbons (Fsp3) is 0.105. The Morgan fingerprint density at radius 1 is 1.21 bits per heavy atom. The van der Waals surface area contributed by atoms with E-state index in [9.17, 15) is 4.79 Å². The molecule has 0 amide bonds. The van der Waals surface area contributed by atoms with Crippen LogP contribution in [-0.2, 0) is 9.53 Å². The minimum Gasteiger partial charge on any atom is -0.496 e. The topological polar surface area (TPSA) is 35.5 Å². The quantitative estimate of drug-likeness (QED) is 0.645. The van der Waals surface area contributed by atoms with Crippen molar-refractivity contribution in [2.24, 2.45) is 0 Å². The van der Waals surface area contributed by atoms with E-state index < -0.39 is 5.97 Å². The van der Waals surface area contributed by atoms with E-state index in [1.54, 1.807) is 25.3 Å². The molecule has 1 aliphatic heterocycles. The third-order valence-corrected chi connectivity index (χ3v) is 4.57. The highest BCUT2D eigenvalue weighted by Gasteiger charge is 2.31. The van der Waals surface area contributed by atoms with E-state index in [0.29, 0.717) is 26.6 Å². The first-order valence-corrected chi connectivity index (χ1v) is 8.41. The lowest BCUT2D eigenvalue weighted by Crippen LogP contribution is -1.94. The van der Waals surface area contributed by atoms with Crippen LogP contribution >= 0.6 is 27.5 Å². The van der Waals surface area contributed by atoms with Gasteiger partial charge in [0.15, 0.2) is 0 Å². The van der Waals surface area contributed by atoms with Gasteiger partial charge in [0.25, 0.3) is 0 Å². The lowest BCUT2D eigenvalue weighted by Gasteiger charge is -2.11. The number of ether oxygens (including phenoxy) is 2. The molecule has 0 aromatic heterocycles. The van der Waals surface area contributed by atoms with E-state index in [0.717, 1.165) is 16.7 Å². The molecule has 0 N–H and O–H groups in total. The van der Waals surface area contributed by atoms with Crippen molar-refractivity contribution in [2.45, 2.75) is 6.92 Å². The van der Waals surface area contributed by atoms with Crippen LogP contribution in [0, 0.1) is 6.92 Å². The zero-order chi connectivity index (χ0) is 17.3. The molecular weight excluding hydrogens is 392 g/mol. The molecule has 122 valence electrons. The smallest absolute Gasteiger partial charge is 0.351 e. The van der Waals surface area contributed by atoms with Crippen molar-refractivity contribution in [1.82, 2.24) is 0 Å². The number of methoxy groups -OCH3 is 1. The van der Waals surface area contributed by atoms with Crippen LogP contribution in [0.5, 0.6) is 5.75 Å². The van der Waals surface area contributed by atoms with Crippen LogP contribution in [-0.4, -0.2) is 13.1 Å². The van der Waals surface area contributed by atoms with Crippen LogP contribution in [0.4, 0.5) is 0 Å². The van der Waals surface area contributed by atoms with E-state index in [1.165, 1.54) is 0 Å². The summed E-state index contributed by atoms with van der Waals surface area (Å²) in [5.41, 5.74) is 3.36. The maximum atomic E-state index is 12.1. The van der Waals surface area contributed by atoms with Crippen LogP contribution in [0.1, 0.15) is 16.7 Å². The summed E-state index contributed by atoms with van der Waals surface area (Å²) < 4.78 is 11.2. The lowest BCUT2D eigenvalue weighted by atomic mass is 10.00. The summed E-state index contributed by atoms with van der Waals surface area (Å²) in [5, 5.41) is 0.617. The highest BCUT2D eigenvalue weighted by Crippen LogP contribution is 2.42. The number of benzene rings is 2. The second-order valence-electron chi connectivity index (χ2n) is 5.35. The lowest BCUT2D eigenvalue weighted by molar-refractivity contribution is -0.132. The molecule has 0 unspecified atom stereocenters. The molecule has 0 radical (unpaired) electrons. The van der Waals surface area contributed by atoms with Gasteiger partial charge in [-0.15, -0.1) is 0 Å². The number of cyclic esters (lactones) is 1.